The van der Waals surface area contributed by atoms with Crippen molar-refractivity contribution in [3.63, 3.8) is 0 Å². The van der Waals surface area contributed by atoms with Gasteiger partial charge in [-0.1, -0.05) is 17.7 Å². The van der Waals surface area contributed by atoms with Gasteiger partial charge in [-0.05, 0) is 37.1 Å². The van der Waals surface area contributed by atoms with Crippen molar-refractivity contribution in [2.45, 2.75) is 24.4 Å². The molecule has 0 amide bonds. The first-order valence-electron chi connectivity index (χ1n) is 9.11. The maximum atomic E-state index is 12.6. The zero-order valence-electron chi connectivity index (χ0n) is 15.8. The van der Waals surface area contributed by atoms with Gasteiger partial charge in [0.2, 0.25) is 11.9 Å². The minimum atomic E-state index is -4.45. The van der Waals surface area contributed by atoms with Crippen LogP contribution >= 0.6 is 11.6 Å². The quantitative estimate of drug-likeness (QED) is 0.540. The molecule has 0 spiro atoms. The first-order chi connectivity index (χ1) is 14.8. The fourth-order valence-corrected chi connectivity index (χ4v) is 2.95. The summed E-state index contributed by atoms with van der Waals surface area (Å²) in [6.07, 6.45) is -1.47. The molecule has 3 aromatic rings. The molecule has 4 rings (SSSR count). The molecule has 3 heterocycles. The van der Waals surface area contributed by atoms with Gasteiger partial charge in [0.05, 0.1) is 17.2 Å². The highest BCUT2D eigenvalue weighted by Gasteiger charge is 2.46. The van der Waals surface area contributed by atoms with Gasteiger partial charge in [-0.15, -0.1) is 0 Å². The summed E-state index contributed by atoms with van der Waals surface area (Å²) in [4.78, 5) is 20.6. The summed E-state index contributed by atoms with van der Waals surface area (Å²) in [6, 6.07) is 10.4. The molecule has 0 bridgehead atoms. The van der Waals surface area contributed by atoms with Gasteiger partial charge in [0.15, 0.2) is 5.82 Å². The molecular weight excluding hydrogens is 433 g/mol. The Morgan fingerprint density at radius 2 is 1.87 bits per heavy atom. The molecule has 1 fully saturated rings. The highest BCUT2D eigenvalue weighted by Crippen LogP contribution is 2.47. The molecule has 3 aromatic heterocycles. The number of alkyl halides is 3. The molecule has 158 valence electrons. The van der Waals surface area contributed by atoms with Crippen LogP contribution in [0, 0.1) is 11.3 Å². The van der Waals surface area contributed by atoms with E-state index in [1.54, 1.807) is 36.5 Å². The van der Waals surface area contributed by atoms with Crippen molar-refractivity contribution in [1.82, 2.24) is 24.9 Å². The van der Waals surface area contributed by atoms with Gasteiger partial charge in [-0.2, -0.15) is 33.4 Å². The largest absolute Gasteiger partial charge is 0.405 e. The van der Waals surface area contributed by atoms with Crippen molar-refractivity contribution in [1.29, 1.82) is 5.26 Å². The van der Waals surface area contributed by atoms with Crippen molar-refractivity contribution < 1.29 is 13.2 Å². The number of nitrogens with zero attached hydrogens (tertiary/aromatic N) is 6. The predicted molar refractivity (Wildman–Crippen MR) is 107 cm³/mol. The van der Waals surface area contributed by atoms with Gasteiger partial charge in [-0.25, -0.2) is 4.98 Å². The average Bonchev–Trinajstić information content (AvgIpc) is 3.53. The van der Waals surface area contributed by atoms with Crippen molar-refractivity contribution >= 4 is 29.2 Å². The van der Waals surface area contributed by atoms with E-state index in [1.165, 1.54) is 0 Å². The zero-order valence-corrected chi connectivity index (χ0v) is 16.5. The van der Waals surface area contributed by atoms with Crippen LogP contribution in [-0.4, -0.2) is 37.6 Å². The third-order valence-corrected chi connectivity index (χ3v) is 4.71. The van der Waals surface area contributed by atoms with E-state index in [0.29, 0.717) is 11.4 Å². The van der Waals surface area contributed by atoms with Gasteiger partial charge in [0.25, 0.3) is 0 Å². The Morgan fingerprint density at radius 3 is 2.55 bits per heavy atom. The number of nitrogens with one attached hydrogen (secondary N) is 2. The average molecular weight is 447 g/mol. The van der Waals surface area contributed by atoms with Gasteiger partial charge >= 0.3 is 6.18 Å². The summed E-state index contributed by atoms with van der Waals surface area (Å²) in [7, 11) is 0. The van der Waals surface area contributed by atoms with E-state index in [1.807, 2.05) is 0 Å². The Morgan fingerprint density at radius 1 is 1.10 bits per heavy atom. The van der Waals surface area contributed by atoms with Crippen LogP contribution in [0.15, 0.2) is 36.5 Å². The molecule has 1 aliphatic carbocycles. The first-order valence-corrected chi connectivity index (χ1v) is 9.49. The first kappa shape index (κ1) is 20.7. The highest BCUT2D eigenvalue weighted by atomic mass is 35.5. The summed E-state index contributed by atoms with van der Waals surface area (Å²) in [5, 5.41) is 14.6. The van der Waals surface area contributed by atoms with Crippen LogP contribution < -0.4 is 10.6 Å². The lowest BCUT2D eigenvalue weighted by atomic mass is 10.0. The van der Waals surface area contributed by atoms with Crippen LogP contribution in [0.25, 0.3) is 11.5 Å². The van der Waals surface area contributed by atoms with Crippen LogP contribution in [0.5, 0.6) is 0 Å². The van der Waals surface area contributed by atoms with Crippen molar-refractivity contribution in [2.75, 3.05) is 17.2 Å². The number of halogens is 4. The summed E-state index contributed by atoms with van der Waals surface area (Å²) in [5.74, 6) is -0.249. The smallest absolute Gasteiger partial charge is 0.345 e. The SMILES string of the molecule is N#CC1(c2cc(Nc3nc(NCC(F)(F)F)nc(-c4cccc(Cl)n4)n3)ccn2)CC1. The van der Waals surface area contributed by atoms with Crippen molar-refractivity contribution in [3.05, 3.63) is 47.4 Å². The van der Waals surface area contributed by atoms with Crippen molar-refractivity contribution in [2.24, 2.45) is 0 Å². The van der Waals surface area contributed by atoms with Crippen molar-refractivity contribution in [3.8, 4) is 17.6 Å². The molecule has 1 aliphatic rings. The number of anilines is 3. The standard InChI is InChI=1S/C19H14ClF3N8/c20-14-3-1-2-12(28-14)15-29-16(26-10-19(21,22)23)31-17(30-15)27-11-4-7-25-13(8-11)18(9-24)5-6-18/h1-4,7-8H,5-6,10H2,(H2,25,26,27,29,30,31). The van der Waals surface area contributed by atoms with Gasteiger partial charge in [-0.3, -0.25) is 4.98 Å². The van der Waals surface area contributed by atoms with E-state index >= 15 is 0 Å². The van der Waals surface area contributed by atoms with Crippen LogP contribution in [0.1, 0.15) is 18.5 Å². The number of pyridine rings is 2. The molecule has 0 aliphatic heterocycles. The third-order valence-electron chi connectivity index (χ3n) is 4.50. The zero-order chi connectivity index (χ0) is 22.1. The molecule has 31 heavy (non-hydrogen) atoms. The molecule has 2 N–H and O–H groups in total. The Balaban J connectivity index is 1.67. The second-order valence-corrected chi connectivity index (χ2v) is 7.26. The summed E-state index contributed by atoms with van der Waals surface area (Å²) >= 11 is 5.91. The van der Waals surface area contributed by atoms with E-state index in [9.17, 15) is 18.4 Å². The summed E-state index contributed by atoms with van der Waals surface area (Å²) in [6.45, 7) is -1.32. The Hall–Kier alpha value is -3.52. The monoisotopic (exact) mass is 446 g/mol. The molecule has 0 atom stereocenters. The Labute approximate surface area is 179 Å². The van der Waals surface area contributed by atoms with Crippen LogP contribution in [0.2, 0.25) is 5.15 Å². The van der Waals surface area contributed by atoms with E-state index in [2.05, 4.69) is 41.6 Å². The molecule has 0 radical (unpaired) electrons. The molecule has 1 saturated carbocycles. The van der Waals surface area contributed by atoms with E-state index in [0.717, 1.165) is 12.8 Å². The fraction of sp³-hybridized carbons (Fsp3) is 0.263. The predicted octanol–water partition coefficient (Wildman–Crippen LogP) is 4.25. The molecule has 0 aromatic carbocycles. The molecule has 12 heteroatoms. The van der Waals surface area contributed by atoms with Gasteiger partial charge in [0, 0.05) is 11.9 Å². The number of aromatic nitrogens is 5. The Bertz CT molecular complexity index is 1160. The fourth-order valence-electron chi connectivity index (χ4n) is 2.79. The van der Waals surface area contributed by atoms with E-state index in [-0.39, 0.29) is 28.6 Å². The van der Waals surface area contributed by atoms with Crippen LogP contribution in [0.3, 0.4) is 0 Å². The normalized spacial score (nSPS) is 14.5. The number of hydrogen-bond acceptors (Lipinski definition) is 8. The molecule has 0 unspecified atom stereocenters. The number of nitriles is 1. The molecular formula is C19H14ClF3N8. The van der Waals surface area contributed by atoms with E-state index < -0.39 is 18.1 Å². The molecule has 0 saturated heterocycles. The lowest BCUT2D eigenvalue weighted by molar-refractivity contribution is -0.115. The lowest BCUT2D eigenvalue weighted by Crippen LogP contribution is -2.23. The summed E-state index contributed by atoms with van der Waals surface area (Å²) < 4.78 is 37.9. The summed E-state index contributed by atoms with van der Waals surface area (Å²) in [5.41, 5.74) is 0.821. The van der Waals surface area contributed by atoms with Crippen LogP contribution in [0.4, 0.5) is 30.8 Å². The third kappa shape index (κ3) is 4.97. The van der Waals surface area contributed by atoms with Gasteiger partial charge in [0.1, 0.15) is 17.4 Å². The second-order valence-electron chi connectivity index (χ2n) is 6.87. The second kappa shape index (κ2) is 7.96. The molecule has 8 nitrogen and oxygen atoms in total. The number of hydrogen-bond donors (Lipinski definition) is 2. The minimum absolute atomic E-state index is 0.00426. The lowest BCUT2D eigenvalue weighted by Gasteiger charge is -2.12. The van der Waals surface area contributed by atoms with E-state index in [4.69, 9.17) is 11.6 Å². The number of rotatable bonds is 6. The Kier molecular flexibility index (Phi) is 5.32. The maximum Gasteiger partial charge on any atom is 0.405 e. The minimum Gasteiger partial charge on any atom is -0.345 e. The van der Waals surface area contributed by atoms with Crippen LogP contribution in [-0.2, 0) is 5.41 Å². The topological polar surface area (TPSA) is 112 Å². The maximum absolute atomic E-state index is 12.6. The highest BCUT2D eigenvalue weighted by molar-refractivity contribution is 6.29. The van der Waals surface area contributed by atoms with Gasteiger partial charge < -0.3 is 10.6 Å².